The minimum Gasteiger partial charge on any atom is -0.493 e. The molecule has 19 heavy (non-hydrogen) atoms. The normalized spacial score (nSPS) is 18.3. The lowest BCUT2D eigenvalue weighted by Crippen LogP contribution is -2.09. The van der Waals surface area contributed by atoms with E-state index in [1.165, 1.54) is 11.1 Å². The first-order valence-corrected chi connectivity index (χ1v) is 6.88. The van der Waals surface area contributed by atoms with Crippen LogP contribution in [0.25, 0.3) is 0 Å². The molecule has 0 aromatic heterocycles. The predicted octanol–water partition coefficient (Wildman–Crippen LogP) is 3.45. The van der Waals surface area contributed by atoms with Crippen molar-refractivity contribution in [2.24, 2.45) is 5.73 Å². The second-order valence-corrected chi connectivity index (χ2v) is 5.13. The Labute approximate surface area is 114 Å². The molecule has 1 aliphatic rings. The zero-order valence-corrected chi connectivity index (χ0v) is 11.0. The molecular weight excluding hydrogens is 234 g/mol. The molecule has 1 unspecified atom stereocenters. The van der Waals surface area contributed by atoms with Crippen LogP contribution in [0.4, 0.5) is 0 Å². The molecule has 98 valence electrons. The van der Waals surface area contributed by atoms with E-state index in [1.807, 2.05) is 6.07 Å². The topological polar surface area (TPSA) is 35.2 Å². The van der Waals surface area contributed by atoms with Gasteiger partial charge in [-0.1, -0.05) is 42.5 Å². The molecule has 1 aliphatic heterocycles. The highest BCUT2D eigenvalue weighted by molar-refractivity contribution is 5.41. The van der Waals surface area contributed by atoms with Gasteiger partial charge < -0.3 is 10.5 Å². The van der Waals surface area contributed by atoms with E-state index in [4.69, 9.17) is 10.5 Å². The molecule has 1 atom stereocenters. The second-order valence-electron chi connectivity index (χ2n) is 5.13. The Kier molecular flexibility index (Phi) is 3.51. The van der Waals surface area contributed by atoms with Crippen LogP contribution in [0.3, 0.4) is 0 Å². The maximum Gasteiger partial charge on any atom is 0.124 e. The summed E-state index contributed by atoms with van der Waals surface area (Å²) >= 11 is 0. The highest BCUT2D eigenvalue weighted by atomic mass is 16.5. The van der Waals surface area contributed by atoms with Crippen molar-refractivity contribution in [3.8, 4) is 5.75 Å². The third kappa shape index (κ3) is 2.79. The van der Waals surface area contributed by atoms with Crippen LogP contribution in [0.15, 0.2) is 48.5 Å². The van der Waals surface area contributed by atoms with E-state index in [0.29, 0.717) is 0 Å². The van der Waals surface area contributed by atoms with Gasteiger partial charge in [-0.25, -0.2) is 0 Å². The van der Waals surface area contributed by atoms with Crippen LogP contribution >= 0.6 is 0 Å². The van der Waals surface area contributed by atoms with E-state index >= 15 is 0 Å². The summed E-state index contributed by atoms with van der Waals surface area (Å²) in [7, 11) is 0. The van der Waals surface area contributed by atoms with Gasteiger partial charge in [0.25, 0.3) is 0 Å². The molecule has 0 bridgehead atoms. The number of ether oxygens (including phenoxy) is 1. The van der Waals surface area contributed by atoms with E-state index in [9.17, 15) is 0 Å². The maximum atomic E-state index is 6.23. The monoisotopic (exact) mass is 253 g/mol. The lowest BCUT2D eigenvalue weighted by atomic mass is 9.97. The molecule has 2 nitrogen and oxygen atoms in total. The first-order valence-electron chi connectivity index (χ1n) is 6.88. The Morgan fingerprint density at radius 1 is 1.05 bits per heavy atom. The average molecular weight is 253 g/mol. The second kappa shape index (κ2) is 5.45. The van der Waals surface area contributed by atoms with Crippen molar-refractivity contribution in [2.45, 2.75) is 25.3 Å². The highest BCUT2D eigenvalue weighted by Crippen LogP contribution is 2.31. The first kappa shape index (κ1) is 12.2. The van der Waals surface area contributed by atoms with Crippen LogP contribution in [0.5, 0.6) is 5.75 Å². The Balaban J connectivity index is 1.88. The molecule has 0 saturated heterocycles. The Hall–Kier alpha value is -1.80. The van der Waals surface area contributed by atoms with Crippen molar-refractivity contribution in [1.82, 2.24) is 0 Å². The Morgan fingerprint density at radius 2 is 1.89 bits per heavy atom. The largest absolute Gasteiger partial charge is 0.493 e. The fourth-order valence-corrected chi connectivity index (χ4v) is 2.60. The molecule has 0 amide bonds. The summed E-state index contributed by atoms with van der Waals surface area (Å²) in [6, 6.07) is 17.0. The van der Waals surface area contributed by atoms with Crippen molar-refractivity contribution in [2.75, 3.05) is 6.61 Å². The van der Waals surface area contributed by atoms with Gasteiger partial charge in [-0.05, 0) is 36.5 Å². The predicted molar refractivity (Wildman–Crippen MR) is 77.3 cm³/mol. The molecule has 1 heterocycles. The van der Waals surface area contributed by atoms with Gasteiger partial charge in [-0.3, -0.25) is 0 Å². The molecule has 0 spiro atoms. The maximum absolute atomic E-state index is 6.23. The third-order valence-electron chi connectivity index (χ3n) is 3.64. The number of rotatable bonds is 2. The van der Waals surface area contributed by atoms with Crippen molar-refractivity contribution >= 4 is 0 Å². The fraction of sp³-hybridized carbons (Fsp3) is 0.294. The van der Waals surface area contributed by atoms with Gasteiger partial charge in [0.05, 0.1) is 6.61 Å². The molecule has 0 fully saturated rings. The molecule has 3 rings (SSSR count). The van der Waals surface area contributed by atoms with Gasteiger partial charge >= 0.3 is 0 Å². The van der Waals surface area contributed by atoms with Gasteiger partial charge in [-0.15, -0.1) is 0 Å². The van der Waals surface area contributed by atoms with Crippen molar-refractivity contribution in [3.63, 3.8) is 0 Å². The number of hydrogen-bond acceptors (Lipinski definition) is 2. The van der Waals surface area contributed by atoms with Crippen LogP contribution < -0.4 is 10.5 Å². The summed E-state index contributed by atoms with van der Waals surface area (Å²) in [4.78, 5) is 0. The SMILES string of the molecule is NC1CCCOc2ccc(Cc3ccccc3)cc21. The molecular formula is C17H19NO. The van der Waals surface area contributed by atoms with E-state index in [2.05, 4.69) is 42.5 Å². The fourth-order valence-electron chi connectivity index (χ4n) is 2.60. The molecule has 0 aliphatic carbocycles. The van der Waals surface area contributed by atoms with E-state index < -0.39 is 0 Å². The lowest BCUT2D eigenvalue weighted by molar-refractivity contribution is 0.316. The van der Waals surface area contributed by atoms with Gasteiger partial charge in [0.1, 0.15) is 5.75 Å². The number of benzene rings is 2. The summed E-state index contributed by atoms with van der Waals surface area (Å²) in [5, 5.41) is 0. The number of nitrogens with two attached hydrogens (primary N) is 1. The average Bonchev–Trinajstić information content (AvgIpc) is 2.62. The van der Waals surface area contributed by atoms with E-state index in [-0.39, 0.29) is 6.04 Å². The Bertz CT molecular complexity index is 550. The molecule has 2 N–H and O–H groups in total. The minimum absolute atomic E-state index is 0.105. The van der Waals surface area contributed by atoms with Gasteiger partial charge in [0.15, 0.2) is 0 Å². The molecule has 2 aromatic carbocycles. The summed E-state index contributed by atoms with van der Waals surface area (Å²) < 4.78 is 5.74. The number of hydrogen-bond donors (Lipinski definition) is 1. The number of fused-ring (bicyclic) bond motifs is 1. The summed E-state index contributed by atoms with van der Waals surface area (Å²) in [6.45, 7) is 0.777. The molecule has 0 saturated carbocycles. The van der Waals surface area contributed by atoms with Gasteiger partial charge in [0, 0.05) is 11.6 Å². The van der Waals surface area contributed by atoms with Crippen LogP contribution in [0, 0.1) is 0 Å². The molecule has 2 heteroatoms. The summed E-state index contributed by atoms with van der Waals surface area (Å²) in [5.41, 5.74) is 10.0. The van der Waals surface area contributed by atoms with Crippen LogP contribution in [-0.2, 0) is 6.42 Å². The summed E-state index contributed by atoms with van der Waals surface area (Å²) in [5.74, 6) is 0.960. The van der Waals surface area contributed by atoms with Crippen LogP contribution in [0.2, 0.25) is 0 Å². The standard InChI is InChI=1S/C17H19NO/c18-16-7-4-10-19-17-9-8-14(12-15(16)17)11-13-5-2-1-3-6-13/h1-3,5-6,8-9,12,16H,4,7,10-11,18H2. The quantitative estimate of drug-likeness (QED) is 0.889. The lowest BCUT2D eigenvalue weighted by Gasteiger charge is -2.13. The zero-order chi connectivity index (χ0) is 13.1. The molecule has 2 aromatic rings. The molecule has 0 radical (unpaired) electrons. The minimum atomic E-state index is 0.105. The van der Waals surface area contributed by atoms with Crippen molar-refractivity contribution in [3.05, 3.63) is 65.2 Å². The van der Waals surface area contributed by atoms with Crippen molar-refractivity contribution in [1.29, 1.82) is 0 Å². The third-order valence-corrected chi connectivity index (χ3v) is 3.64. The van der Waals surface area contributed by atoms with Crippen LogP contribution in [0.1, 0.15) is 35.6 Å². The summed E-state index contributed by atoms with van der Waals surface area (Å²) in [6.07, 6.45) is 2.98. The van der Waals surface area contributed by atoms with Crippen molar-refractivity contribution < 1.29 is 4.74 Å². The van der Waals surface area contributed by atoms with Gasteiger partial charge in [0.2, 0.25) is 0 Å². The Morgan fingerprint density at radius 3 is 2.74 bits per heavy atom. The van der Waals surface area contributed by atoms with Gasteiger partial charge in [-0.2, -0.15) is 0 Å². The zero-order valence-electron chi connectivity index (χ0n) is 11.0. The van der Waals surface area contributed by atoms with Crippen LogP contribution in [-0.4, -0.2) is 6.61 Å². The smallest absolute Gasteiger partial charge is 0.124 e. The van der Waals surface area contributed by atoms with E-state index in [0.717, 1.165) is 37.2 Å². The highest BCUT2D eigenvalue weighted by Gasteiger charge is 2.16. The first-order chi connectivity index (χ1) is 9.33. The van der Waals surface area contributed by atoms with E-state index in [1.54, 1.807) is 0 Å².